The normalized spacial score (nSPS) is 15.7. The van der Waals surface area contributed by atoms with Crippen molar-refractivity contribution in [3.63, 3.8) is 0 Å². The summed E-state index contributed by atoms with van der Waals surface area (Å²) in [5.41, 5.74) is 1.39. The fourth-order valence-electron chi connectivity index (χ4n) is 2.96. The molecule has 5 nitrogen and oxygen atoms in total. The average molecular weight is 338 g/mol. The van der Waals surface area contributed by atoms with Gasteiger partial charge in [-0.05, 0) is 32.6 Å². The van der Waals surface area contributed by atoms with Gasteiger partial charge >= 0.3 is 0 Å². The van der Waals surface area contributed by atoms with E-state index < -0.39 is 0 Å². The quantitative estimate of drug-likeness (QED) is 0.896. The van der Waals surface area contributed by atoms with Crippen LogP contribution in [0.2, 0.25) is 0 Å². The number of likely N-dealkylation sites (tertiary alicyclic amines) is 1. The number of hydrogen-bond acceptors (Lipinski definition) is 4. The van der Waals surface area contributed by atoms with Gasteiger partial charge in [0, 0.05) is 30.8 Å². The molecule has 1 aromatic carbocycles. The maximum absolute atomic E-state index is 12.9. The van der Waals surface area contributed by atoms with E-state index in [1.54, 1.807) is 6.07 Å². The van der Waals surface area contributed by atoms with E-state index in [2.05, 4.69) is 29.1 Å². The second-order valence-electron chi connectivity index (χ2n) is 6.63. The topological polar surface area (TPSA) is 58.1 Å². The smallest absolute Gasteiger partial charge is 0.272 e. The summed E-state index contributed by atoms with van der Waals surface area (Å²) in [6, 6.07) is 11.9. The Hall–Kier alpha value is -2.43. The average Bonchev–Trinajstić information content (AvgIpc) is 2.68. The minimum absolute atomic E-state index is 0.00600. The van der Waals surface area contributed by atoms with Gasteiger partial charge in [0.25, 0.3) is 5.91 Å². The number of piperidine rings is 1. The van der Waals surface area contributed by atoms with E-state index in [1.807, 2.05) is 35.2 Å². The Kier molecular flexibility index (Phi) is 5.64. The van der Waals surface area contributed by atoms with Gasteiger partial charge in [-0.15, -0.1) is 0 Å². The van der Waals surface area contributed by atoms with Crippen molar-refractivity contribution in [1.82, 2.24) is 14.9 Å². The summed E-state index contributed by atoms with van der Waals surface area (Å²) in [6.07, 6.45) is 4.32. The van der Waals surface area contributed by atoms with Gasteiger partial charge in [-0.1, -0.05) is 37.3 Å². The summed E-state index contributed by atoms with van der Waals surface area (Å²) in [5, 5.41) is 3.38. The molecule has 1 fully saturated rings. The highest BCUT2D eigenvalue weighted by Gasteiger charge is 2.21. The lowest BCUT2D eigenvalue weighted by molar-refractivity contribution is 0.0718. The molecule has 0 aliphatic carbocycles. The van der Waals surface area contributed by atoms with E-state index in [-0.39, 0.29) is 11.9 Å². The molecule has 0 radical (unpaired) electrons. The first-order valence-electron chi connectivity index (χ1n) is 9.17. The minimum Gasteiger partial charge on any atom is -0.367 e. The molecule has 1 atom stereocenters. The molecule has 0 bridgehead atoms. The molecule has 5 heteroatoms. The Labute approximate surface area is 149 Å². The molecular weight excluding hydrogens is 312 g/mol. The second-order valence-corrected chi connectivity index (χ2v) is 6.63. The number of carbonyl (C=O) groups excluding carboxylic acids is 1. The van der Waals surface area contributed by atoms with Gasteiger partial charge in [-0.3, -0.25) is 4.79 Å². The van der Waals surface area contributed by atoms with Crippen molar-refractivity contribution in [3.05, 3.63) is 42.1 Å². The van der Waals surface area contributed by atoms with Gasteiger partial charge in [0.2, 0.25) is 0 Å². The fourth-order valence-corrected chi connectivity index (χ4v) is 2.96. The van der Waals surface area contributed by atoms with Crippen LogP contribution in [0.15, 0.2) is 36.4 Å². The number of rotatable bonds is 5. The van der Waals surface area contributed by atoms with Crippen LogP contribution in [-0.2, 0) is 0 Å². The number of aromatic nitrogens is 2. The Morgan fingerprint density at radius 2 is 1.88 bits per heavy atom. The number of nitrogens with zero attached hydrogens (tertiary/aromatic N) is 3. The van der Waals surface area contributed by atoms with Crippen LogP contribution in [0.1, 0.15) is 50.0 Å². The van der Waals surface area contributed by atoms with Gasteiger partial charge in [0.15, 0.2) is 5.82 Å². The standard InChI is InChI=1S/C20H26N4O/c1-3-15(2)21-18-14-17(20(25)24-12-8-5-9-13-24)22-19(23-18)16-10-6-4-7-11-16/h4,6-7,10-11,14-15H,3,5,8-9,12-13H2,1-2H3,(H,21,22,23). The van der Waals surface area contributed by atoms with Gasteiger partial charge in [0.05, 0.1) is 0 Å². The molecule has 1 saturated heterocycles. The van der Waals surface area contributed by atoms with E-state index in [0.29, 0.717) is 17.3 Å². The van der Waals surface area contributed by atoms with E-state index in [1.165, 1.54) is 6.42 Å². The number of amides is 1. The van der Waals surface area contributed by atoms with Crippen LogP contribution in [0.4, 0.5) is 5.82 Å². The largest absolute Gasteiger partial charge is 0.367 e. The van der Waals surface area contributed by atoms with Gasteiger partial charge in [-0.25, -0.2) is 9.97 Å². The number of carbonyl (C=O) groups is 1. The summed E-state index contributed by atoms with van der Waals surface area (Å²) in [5.74, 6) is 1.31. The van der Waals surface area contributed by atoms with E-state index in [9.17, 15) is 4.79 Å². The number of anilines is 1. The Morgan fingerprint density at radius 1 is 1.16 bits per heavy atom. The first-order chi connectivity index (χ1) is 12.2. The first kappa shape index (κ1) is 17.4. The highest BCUT2D eigenvalue weighted by atomic mass is 16.2. The lowest BCUT2D eigenvalue weighted by atomic mass is 10.1. The Bertz CT molecular complexity index is 711. The van der Waals surface area contributed by atoms with Crippen molar-refractivity contribution in [3.8, 4) is 11.4 Å². The maximum Gasteiger partial charge on any atom is 0.272 e. The molecule has 1 unspecified atom stereocenters. The third-order valence-corrected chi connectivity index (χ3v) is 4.63. The predicted octanol–water partition coefficient (Wildman–Crippen LogP) is 3.98. The Morgan fingerprint density at radius 3 is 2.56 bits per heavy atom. The highest BCUT2D eigenvalue weighted by Crippen LogP contribution is 2.20. The molecule has 2 heterocycles. The molecule has 132 valence electrons. The summed E-state index contributed by atoms with van der Waals surface area (Å²) in [6.45, 7) is 5.86. The summed E-state index contributed by atoms with van der Waals surface area (Å²) in [7, 11) is 0. The molecule has 1 aromatic heterocycles. The minimum atomic E-state index is 0.00600. The predicted molar refractivity (Wildman–Crippen MR) is 101 cm³/mol. The first-order valence-corrected chi connectivity index (χ1v) is 9.17. The molecule has 0 saturated carbocycles. The van der Waals surface area contributed by atoms with Crippen LogP contribution in [0.25, 0.3) is 11.4 Å². The number of benzene rings is 1. The van der Waals surface area contributed by atoms with Gasteiger partial charge in [0.1, 0.15) is 11.5 Å². The van der Waals surface area contributed by atoms with Crippen molar-refractivity contribution in [1.29, 1.82) is 0 Å². The molecule has 1 aliphatic rings. The third-order valence-electron chi connectivity index (χ3n) is 4.63. The summed E-state index contributed by atoms with van der Waals surface area (Å²) >= 11 is 0. The number of hydrogen-bond donors (Lipinski definition) is 1. The third kappa shape index (κ3) is 4.35. The molecule has 0 spiro atoms. The molecule has 25 heavy (non-hydrogen) atoms. The van der Waals surface area contributed by atoms with Crippen LogP contribution >= 0.6 is 0 Å². The van der Waals surface area contributed by atoms with Crippen LogP contribution in [0, 0.1) is 0 Å². The molecule has 1 aliphatic heterocycles. The monoisotopic (exact) mass is 338 g/mol. The zero-order valence-electron chi connectivity index (χ0n) is 15.0. The van der Waals surface area contributed by atoms with Crippen LogP contribution in [0.3, 0.4) is 0 Å². The van der Waals surface area contributed by atoms with Gasteiger partial charge in [-0.2, -0.15) is 0 Å². The van der Waals surface area contributed by atoms with Gasteiger partial charge < -0.3 is 10.2 Å². The molecule has 1 amide bonds. The van der Waals surface area contributed by atoms with Crippen molar-refractivity contribution in [2.75, 3.05) is 18.4 Å². The van der Waals surface area contributed by atoms with Crippen LogP contribution < -0.4 is 5.32 Å². The maximum atomic E-state index is 12.9. The molecule has 3 rings (SSSR count). The number of nitrogens with one attached hydrogen (secondary N) is 1. The van der Waals surface area contributed by atoms with Crippen LogP contribution in [-0.4, -0.2) is 39.9 Å². The zero-order chi connectivity index (χ0) is 17.6. The highest BCUT2D eigenvalue weighted by molar-refractivity contribution is 5.93. The summed E-state index contributed by atoms with van der Waals surface area (Å²) < 4.78 is 0. The molecule has 2 aromatic rings. The van der Waals surface area contributed by atoms with Crippen molar-refractivity contribution in [2.45, 2.75) is 45.6 Å². The van der Waals surface area contributed by atoms with Crippen LogP contribution in [0.5, 0.6) is 0 Å². The summed E-state index contributed by atoms with van der Waals surface area (Å²) in [4.78, 5) is 24.0. The van der Waals surface area contributed by atoms with E-state index in [0.717, 1.165) is 37.9 Å². The van der Waals surface area contributed by atoms with E-state index >= 15 is 0 Å². The molecule has 1 N–H and O–H groups in total. The Balaban J connectivity index is 1.95. The van der Waals surface area contributed by atoms with Crippen molar-refractivity contribution < 1.29 is 4.79 Å². The lowest BCUT2D eigenvalue weighted by Crippen LogP contribution is -2.36. The SMILES string of the molecule is CCC(C)Nc1cc(C(=O)N2CCCCC2)nc(-c2ccccc2)n1. The van der Waals surface area contributed by atoms with Crippen molar-refractivity contribution >= 4 is 11.7 Å². The lowest BCUT2D eigenvalue weighted by Gasteiger charge is -2.26. The molecular formula is C20H26N4O. The van der Waals surface area contributed by atoms with E-state index in [4.69, 9.17) is 0 Å². The fraction of sp³-hybridized carbons (Fsp3) is 0.450. The second kappa shape index (κ2) is 8.10. The zero-order valence-corrected chi connectivity index (χ0v) is 15.0. The van der Waals surface area contributed by atoms with Crippen molar-refractivity contribution in [2.24, 2.45) is 0 Å².